The first-order valence-corrected chi connectivity index (χ1v) is 7.26. The molecule has 19 heavy (non-hydrogen) atoms. The molecule has 104 valence electrons. The summed E-state index contributed by atoms with van der Waals surface area (Å²) in [4.78, 5) is 0.983. The zero-order valence-electron chi connectivity index (χ0n) is 11.2. The molecule has 0 fully saturated rings. The summed E-state index contributed by atoms with van der Waals surface area (Å²) in [6.07, 6.45) is 0.746. The Labute approximate surface area is 118 Å². The summed E-state index contributed by atoms with van der Waals surface area (Å²) in [7, 11) is 1.67. The molecule has 0 aromatic heterocycles. The van der Waals surface area contributed by atoms with Gasteiger partial charge in [0.15, 0.2) is 0 Å². The van der Waals surface area contributed by atoms with E-state index >= 15 is 0 Å². The van der Waals surface area contributed by atoms with Crippen molar-refractivity contribution in [1.82, 2.24) is 5.32 Å². The first kappa shape index (κ1) is 16.0. The summed E-state index contributed by atoms with van der Waals surface area (Å²) < 4.78 is 4.96. The topological polar surface area (TPSA) is 65.3 Å². The van der Waals surface area contributed by atoms with Crippen LogP contribution in [0.3, 0.4) is 0 Å². The van der Waals surface area contributed by atoms with Gasteiger partial charge < -0.3 is 15.2 Å². The number of methoxy groups -OCH3 is 1. The number of aliphatic hydroxyl groups is 1. The van der Waals surface area contributed by atoms with Crippen molar-refractivity contribution in [1.29, 1.82) is 5.26 Å². The maximum atomic E-state index is 9.16. The lowest BCUT2D eigenvalue weighted by Crippen LogP contribution is -2.18. The third-order valence-corrected chi connectivity index (χ3v) is 3.70. The highest BCUT2D eigenvalue weighted by Gasteiger charge is 2.04. The summed E-state index contributed by atoms with van der Waals surface area (Å²) in [6.45, 7) is 2.40. The lowest BCUT2D eigenvalue weighted by molar-refractivity contribution is 0.199. The minimum atomic E-state index is 0.191. The van der Waals surface area contributed by atoms with Gasteiger partial charge in [-0.05, 0) is 24.1 Å². The molecule has 2 N–H and O–H groups in total. The van der Waals surface area contributed by atoms with Crippen molar-refractivity contribution in [2.24, 2.45) is 0 Å². The van der Waals surface area contributed by atoms with Crippen molar-refractivity contribution in [3.8, 4) is 6.07 Å². The van der Waals surface area contributed by atoms with Gasteiger partial charge in [-0.2, -0.15) is 5.26 Å². The van der Waals surface area contributed by atoms with Gasteiger partial charge in [0, 0.05) is 37.5 Å². The number of nitrogens with one attached hydrogen (secondary N) is 1. The van der Waals surface area contributed by atoms with Crippen LogP contribution in [0.5, 0.6) is 0 Å². The highest BCUT2D eigenvalue weighted by atomic mass is 32.2. The third kappa shape index (κ3) is 6.08. The number of ether oxygens (including phenoxy) is 1. The Hall–Kier alpha value is -1.06. The summed E-state index contributed by atoms with van der Waals surface area (Å²) >= 11 is 1.61. The zero-order chi connectivity index (χ0) is 13.9. The van der Waals surface area contributed by atoms with E-state index in [0.29, 0.717) is 12.2 Å². The zero-order valence-corrected chi connectivity index (χ0v) is 12.0. The standard InChI is InChI=1S/C14H20N2O2S/c1-18-7-5-16-11-12-3-4-14(13(9-12)10-15)19-8-2-6-17/h3-4,9,16-17H,2,5-8,11H2,1H3. The number of nitriles is 1. The molecule has 4 nitrogen and oxygen atoms in total. The SMILES string of the molecule is COCCNCc1ccc(SCCCO)c(C#N)c1. The molecule has 0 bridgehead atoms. The van der Waals surface area contributed by atoms with Crippen LogP contribution in [0.1, 0.15) is 17.5 Å². The largest absolute Gasteiger partial charge is 0.396 e. The van der Waals surface area contributed by atoms with Gasteiger partial charge in [-0.1, -0.05) is 6.07 Å². The van der Waals surface area contributed by atoms with Crippen LogP contribution >= 0.6 is 11.8 Å². The second-order valence-electron chi connectivity index (χ2n) is 4.04. The molecule has 0 spiro atoms. The highest BCUT2D eigenvalue weighted by molar-refractivity contribution is 7.99. The van der Waals surface area contributed by atoms with Crippen LogP contribution in [-0.2, 0) is 11.3 Å². The number of rotatable bonds is 9. The molecule has 0 saturated carbocycles. The molecule has 0 heterocycles. The van der Waals surface area contributed by atoms with Gasteiger partial charge >= 0.3 is 0 Å². The summed E-state index contributed by atoms with van der Waals surface area (Å²) in [6, 6.07) is 8.16. The summed E-state index contributed by atoms with van der Waals surface area (Å²) in [5, 5.41) is 21.2. The molecule has 0 aliphatic rings. The maximum absolute atomic E-state index is 9.16. The third-order valence-electron chi connectivity index (χ3n) is 2.54. The highest BCUT2D eigenvalue weighted by Crippen LogP contribution is 2.24. The average Bonchev–Trinajstić information content (AvgIpc) is 2.45. The van der Waals surface area contributed by atoms with E-state index in [1.54, 1.807) is 18.9 Å². The molecule has 1 rings (SSSR count). The quantitative estimate of drug-likeness (QED) is 0.533. The molecule has 1 aromatic rings. The Morgan fingerprint density at radius 1 is 1.47 bits per heavy atom. The van der Waals surface area contributed by atoms with Crippen molar-refractivity contribution in [3.63, 3.8) is 0 Å². The Kier molecular flexibility index (Phi) is 8.26. The van der Waals surface area contributed by atoms with E-state index in [0.717, 1.165) is 35.7 Å². The van der Waals surface area contributed by atoms with Crippen molar-refractivity contribution in [2.45, 2.75) is 17.9 Å². The van der Waals surface area contributed by atoms with Crippen LogP contribution in [0.4, 0.5) is 0 Å². The number of nitrogens with zero attached hydrogens (tertiary/aromatic N) is 1. The van der Waals surface area contributed by atoms with Gasteiger partial charge in [0.05, 0.1) is 12.2 Å². The second-order valence-corrected chi connectivity index (χ2v) is 5.17. The van der Waals surface area contributed by atoms with Crippen molar-refractivity contribution < 1.29 is 9.84 Å². The number of thioether (sulfide) groups is 1. The first-order chi connectivity index (χ1) is 9.31. The van der Waals surface area contributed by atoms with Gasteiger partial charge in [0.25, 0.3) is 0 Å². The number of benzene rings is 1. The van der Waals surface area contributed by atoms with Crippen molar-refractivity contribution in [3.05, 3.63) is 29.3 Å². The molecule has 0 radical (unpaired) electrons. The summed E-state index contributed by atoms with van der Waals surface area (Å²) in [5.74, 6) is 0.830. The second kappa shape index (κ2) is 9.82. The normalized spacial score (nSPS) is 10.4. The minimum Gasteiger partial charge on any atom is -0.396 e. The van der Waals surface area contributed by atoms with Gasteiger partial charge in [0.2, 0.25) is 0 Å². The fourth-order valence-corrected chi connectivity index (χ4v) is 2.47. The van der Waals surface area contributed by atoms with Crippen LogP contribution < -0.4 is 5.32 Å². The molecule has 0 unspecified atom stereocenters. The predicted molar refractivity (Wildman–Crippen MR) is 77.2 cm³/mol. The maximum Gasteiger partial charge on any atom is 0.100 e. The van der Waals surface area contributed by atoms with Crippen LogP contribution in [-0.4, -0.2) is 37.7 Å². The molecule has 5 heteroatoms. The van der Waals surface area contributed by atoms with E-state index in [4.69, 9.17) is 15.1 Å². The number of hydrogen-bond donors (Lipinski definition) is 2. The van der Waals surface area contributed by atoms with E-state index in [-0.39, 0.29) is 6.61 Å². The molecule has 1 aromatic carbocycles. The fourth-order valence-electron chi connectivity index (χ4n) is 1.55. The Balaban J connectivity index is 2.55. The van der Waals surface area contributed by atoms with Gasteiger partial charge in [-0.25, -0.2) is 0 Å². The fraction of sp³-hybridized carbons (Fsp3) is 0.500. The van der Waals surface area contributed by atoms with E-state index in [1.807, 2.05) is 18.2 Å². The number of hydrogen-bond acceptors (Lipinski definition) is 5. The lowest BCUT2D eigenvalue weighted by atomic mass is 10.1. The first-order valence-electron chi connectivity index (χ1n) is 6.28. The van der Waals surface area contributed by atoms with Crippen LogP contribution in [0.2, 0.25) is 0 Å². The average molecular weight is 280 g/mol. The molecular formula is C14H20N2O2S. The van der Waals surface area contributed by atoms with Crippen LogP contribution in [0.25, 0.3) is 0 Å². The monoisotopic (exact) mass is 280 g/mol. The summed E-state index contributed by atoms with van der Waals surface area (Å²) in [5.41, 5.74) is 1.80. The van der Waals surface area contributed by atoms with Gasteiger partial charge in [-0.3, -0.25) is 0 Å². The van der Waals surface area contributed by atoms with E-state index in [2.05, 4.69) is 11.4 Å². The Morgan fingerprint density at radius 3 is 3.00 bits per heavy atom. The molecule has 0 atom stereocenters. The Morgan fingerprint density at radius 2 is 2.32 bits per heavy atom. The predicted octanol–water partition coefficient (Wildman–Crippen LogP) is 1.77. The molecular weight excluding hydrogens is 260 g/mol. The van der Waals surface area contributed by atoms with Crippen LogP contribution in [0, 0.1) is 11.3 Å². The van der Waals surface area contributed by atoms with Crippen LogP contribution in [0.15, 0.2) is 23.1 Å². The molecule has 0 aliphatic heterocycles. The van der Waals surface area contributed by atoms with Crippen molar-refractivity contribution in [2.75, 3.05) is 32.6 Å². The van der Waals surface area contributed by atoms with Gasteiger partial charge in [0.1, 0.15) is 6.07 Å². The van der Waals surface area contributed by atoms with E-state index in [1.165, 1.54) is 0 Å². The lowest BCUT2D eigenvalue weighted by Gasteiger charge is -2.08. The van der Waals surface area contributed by atoms with Crippen molar-refractivity contribution >= 4 is 11.8 Å². The molecule has 0 amide bonds. The van der Waals surface area contributed by atoms with E-state index < -0.39 is 0 Å². The smallest absolute Gasteiger partial charge is 0.100 e. The van der Waals surface area contributed by atoms with Gasteiger partial charge in [-0.15, -0.1) is 11.8 Å². The Bertz CT molecular complexity index is 418. The molecule has 0 aliphatic carbocycles. The van der Waals surface area contributed by atoms with E-state index in [9.17, 15) is 0 Å². The molecule has 0 saturated heterocycles. The number of aliphatic hydroxyl groups excluding tert-OH is 1. The minimum absolute atomic E-state index is 0.191.